The fourth-order valence-electron chi connectivity index (χ4n) is 1.35. The maximum absolute atomic E-state index is 11.8. The van der Waals surface area contributed by atoms with Crippen molar-refractivity contribution in [3.05, 3.63) is 16.6 Å². The Balaban J connectivity index is 2.19. The summed E-state index contributed by atoms with van der Waals surface area (Å²) < 4.78 is 40.0. The normalized spacial score (nSPS) is 13.9. The van der Waals surface area contributed by atoms with Crippen LogP contribution in [0.1, 0.15) is 11.3 Å². The van der Waals surface area contributed by atoms with Crippen LogP contribution in [0, 0.1) is 0 Å². The van der Waals surface area contributed by atoms with Gasteiger partial charge < -0.3 is 10.1 Å². The second-order valence-electron chi connectivity index (χ2n) is 3.61. The molecule has 0 saturated carbocycles. The number of nitrogens with zero attached hydrogens (tertiary/aromatic N) is 1. The summed E-state index contributed by atoms with van der Waals surface area (Å²) in [6.07, 6.45) is -1.17. The molecule has 0 spiro atoms. The van der Waals surface area contributed by atoms with E-state index >= 15 is 0 Å². The first kappa shape index (κ1) is 14.4. The van der Waals surface area contributed by atoms with Crippen molar-refractivity contribution < 1.29 is 17.9 Å². The fraction of sp³-hybridized carbons (Fsp3) is 0.700. The Morgan fingerprint density at radius 2 is 2.29 bits per heavy atom. The van der Waals surface area contributed by atoms with Crippen LogP contribution >= 0.6 is 11.3 Å². The molecule has 1 aromatic heterocycles. The van der Waals surface area contributed by atoms with Gasteiger partial charge in [-0.25, -0.2) is 0 Å². The van der Waals surface area contributed by atoms with Crippen LogP contribution in [-0.2, 0) is 11.2 Å². The first-order valence-corrected chi connectivity index (χ1v) is 6.08. The lowest BCUT2D eigenvalue weighted by atomic mass is 10.1. The van der Waals surface area contributed by atoms with Gasteiger partial charge in [-0.1, -0.05) is 0 Å². The second-order valence-corrected chi connectivity index (χ2v) is 4.58. The van der Waals surface area contributed by atoms with Gasteiger partial charge in [0, 0.05) is 23.7 Å². The average Bonchev–Trinajstić information content (AvgIpc) is 2.73. The number of ether oxygens (including phenoxy) is 1. The SMILES string of the molecule is CNC(CCOCC(F)(F)F)Cc1cncs1. The molecule has 0 radical (unpaired) electrons. The molecule has 7 heteroatoms. The second kappa shape index (κ2) is 6.93. The van der Waals surface area contributed by atoms with E-state index in [9.17, 15) is 13.2 Å². The average molecular weight is 268 g/mol. The van der Waals surface area contributed by atoms with Crippen LogP contribution in [-0.4, -0.2) is 37.5 Å². The molecule has 0 bridgehead atoms. The summed E-state index contributed by atoms with van der Waals surface area (Å²) in [5.41, 5.74) is 1.74. The Kier molecular flexibility index (Phi) is 5.87. The summed E-state index contributed by atoms with van der Waals surface area (Å²) in [6.45, 7) is -1.08. The number of thiazole rings is 1. The summed E-state index contributed by atoms with van der Waals surface area (Å²) >= 11 is 1.54. The minimum Gasteiger partial charge on any atom is -0.372 e. The maximum atomic E-state index is 11.8. The summed E-state index contributed by atoms with van der Waals surface area (Å²) in [4.78, 5) is 5.06. The number of likely N-dealkylation sites (N-methyl/N-ethyl adjacent to an activating group) is 1. The van der Waals surface area contributed by atoms with Gasteiger partial charge in [0.15, 0.2) is 0 Å². The van der Waals surface area contributed by atoms with E-state index < -0.39 is 12.8 Å². The highest BCUT2D eigenvalue weighted by Crippen LogP contribution is 2.15. The molecule has 1 N–H and O–H groups in total. The smallest absolute Gasteiger partial charge is 0.372 e. The molecule has 0 amide bonds. The summed E-state index contributed by atoms with van der Waals surface area (Å²) in [6, 6.07) is 0.115. The summed E-state index contributed by atoms with van der Waals surface area (Å²) in [5.74, 6) is 0. The number of alkyl halides is 3. The van der Waals surface area contributed by atoms with E-state index in [-0.39, 0.29) is 12.6 Å². The van der Waals surface area contributed by atoms with E-state index in [1.807, 2.05) is 0 Å². The third kappa shape index (κ3) is 6.60. The Morgan fingerprint density at radius 1 is 1.53 bits per heavy atom. The van der Waals surface area contributed by atoms with Crippen LogP contribution in [0.2, 0.25) is 0 Å². The van der Waals surface area contributed by atoms with Crippen molar-refractivity contribution in [1.82, 2.24) is 10.3 Å². The van der Waals surface area contributed by atoms with Crippen molar-refractivity contribution in [3.8, 4) is 0 Å². The van der Waals surface area contributed by atoms with Crippen molar-refractivity contribution >= 4 is 11.3 Å². The first-order chi connectivity index (χ1) is 8.01. The number of aromatic nitrogens is 1. The van der Waals surface area contributed by atoms with Crippen LogP contribution in [0.5, 0.6) is 0 Å². The van der Waals surface area contributed by atoms with Gasteiger partial charge in [0.25, 0.3) is 0 Å². The highest BCUT2D eigenvalue weighted by molar-refractivity contribution is 7.09. The minimum atomic E-state index is -4.24. The van der Waals surface area contributed by atoms with Gasteiger partial charge in [0.2, 0.25) is 0 Å². The lowest BCUT2D eigenvalue weighted by molar-refractivity contribution is -0.174. The molecular formula is C10H15F3N2OS. The zero-order valence-corrected chi connectivity index (χ0v) is 10.3. The molecule has 1 unspecified atom stereocenters. The number of rotatable bonds is 7. The number of hydrogen-bond acceptors (Lipinski definition) is 4. The third-order valence-electron chi connectivity index (χ3n) is 2.22. The summed E-state index contributed by atoms with van der Waals surface area (Å²) in [7, 11) is 1.79. The molecule has 0 aromatic carbocycles. The Morgan fingerprint density at radius 3 is 2.82 bits per heavy atom. The Hall–Kier alpha value is -0.660. The van der Waals surface area contributed by atoms with Gasteiger partial charge in [0.1, 0.15) is 6.61 Å². The molecule has 0 aliphatic carbocycles. The molecule has 1 rings (SSSR count). The van der Waals surface area contributed by atoms with Crippen LogP contribution in [0.3, 0.4) is 0 Å². The van der Waals surface area contributed by atoms with Crippen LogP contribution in [0.15, 0.2) is 11.7 Å². The molecule has 1 aromatic rings. The number of nitrogens with one attached hydrogen (secondary N) is 1. The molecule has 0 aliphatic rings. The number of hydrogen-bond donors (Lipinski definition) is 1. The van der Waals surface area contributed by atoms with Gasteiger partial charge in [-0.05, 0) is 19.9 Å². The molecule has 0 saturated heterocycles. The third-order valence-corrected chi connectivity index (χ3v) is 3.02. The van der Waals surface area contributed by atoms with E-state index in [0.29, 0.717) is 6.42 Å². The van der Waals surface area contributed by atoms with E-state index in [2.05, 4.69) is 15.0 Å². The molecular weight excluding hydrogens is 253 g/mol. The predicted molar refractivity (Wildman–Crippen MR) is 60.2 cm³/mol. The van der Waals surface area contributed by atoms with Crippen LogP contribution in [0.4, 0.5) is 13.2 Å². The van der Waals surface area contributed by atoms with Gasteiger partial charge >= 0.3 is 6.18 Å². The van der Waals surface area contributed by atoms with Crippen molar-refractivity contribution in [3.63, 3.8) is 0 Å². The molecule has 98 valence electrons. The lowest BCUT2D eigenvalue weighted by Gasteiger charge is -2.15. The van der Waals surface area contributed by atoms with Crippen LogP contribution < -0.4 is 5.32 Å². The zero-order valence-electron chi connectivity index (χ0n) is 9.46. The summed E-state index contributed by atoms with van der Waals surface area (Å²) in [5, 5.41) is 3.06. The standard InChI is InChI=1S/C10H15F3N2OS/c1-14-8(4-9-5-15-7-17-9)2-3-16-6-10(11,12)13/h5,7-8,14H,2-4,6H2,1H3. The maximum Gasteiger partial charge on any atom is 0.411 e. The molecule has 0 fully saturated rings. The Labute approximate surface area is 102 Å². The lowest BCUT2D eigenvalue weighted by Crippen LogP contribution is -2.29. The predicted octanol–water partition coefficient (Wildman–Crippen LogP) is 2.24. The van der Waals surface area contributed by atoms with E-state index in [0.717, 1.165) is 11.3 Å². The van der Waals surface area contributed by atoms with E-state index in [1.54, 1.807) is 18.8 Å². The van der Waals surface area contributed by atoms with Gasteiger partial charge in [0.05, 0.1) is 5.51 Å². The topological polar surface area (TPSA) is 34.1 Å². The molecule has 1 atom stereocenters. The van der Waals surface area contributed by atoms with Gasteiger partial charge in [-0.15, -0.1) is 11.3 Å². The minimum absolute atomic E-state index is 0.101. The Bertz CT molecular complexity index is 303. The van der Waals surface area contributed by atoms with Gasteiger partial charge in [-0.3, -0.25) is 4.98 Å². The molecule has 3 nitrogen and oxygen atoms in total. The van der Waals surface area contributed by atoms with Crippen LogP contribution in [0.25, 0.3) is 0 Å². The molecule has 17 heavy (non-hydrogen) atoms. The highest BCUT2D eigenvalue weighted by atomic mass is 32.1. The van der Waals surface area contributed by atoms with E-state index in [4.69, 9.17) is 0 Å². The van der Waals surface area contributed by atoms with Gasteiger partial charge in [-0.2, -0.15) is 13.2 Å². The monoisotopic (exact) mass is 268 g/mol. The zero-order chi connectivity index (χ0) is 12.7. The quantitative estimate of drug-likeness (QED) is 0.770. The van der Waals surface area contributed by atoms with Crippen molar-refractivity contribution in [2.24, 2.45) is 0 Å². The van der Waals surface area contributed by atoms with Crippen molar-refractivity contribution in [1.29, 1.82) is 0 Å². The molecule has 1 heterocycles. The first-order valence-electron chi connectivity index (χ1n) is 5.20. The molecule has 0 aliphatic heterocycles. The van der Waals surface area contributed by atoms with Crippen molar-refractivity contribution in [2.45, 2.75) is 25.1 Å². The fourth-order valence-corrected chi connectivity index (χ4v) is 2.02. The van der Waals surface area contributed by atoms with E-state index in [1.165, 1.54) is 11.3 Å². The number of halogens is 3. The highest BCUT2D eigenvalue weighted by Gasteiger charge is 2.27. The van der Waals surface area contributed by atoms with Crippen molar-refractivity contribution in [2.75, 3.05) is 20.3 Å². The largest absolute Gasteiger partial charge is 0.411 e.